The molecule has 0 saturated heterocycles. The Balaban J connectivity index is 2.43. The molecule has 0 saturated carbocycles. The highest BCUT2D eigenvalue weighted by Crippen LogP contribution is 2.25. The molecule has 20 heavy (non-hydrogen) atoms. The second-order valence-electron chi connectivity index (χ2n) is 4.29. The molecule has 2 amide bonds. The molecule has 110 valence electrons. The highest BCUT2D eigenvalue weighted by Gasteiger charge is 2.12. The minimum absolute atomic E-state index is 0.0266. The molecule has 0 aliphatic rings. The van der Waals surface area contributed by atoms with Gasteiger partial charge in [-0.15, -0.1) is 0 Å². The maximum atomic E-state index is 11.6. The number of hydrogen-bond donors (Lipinski definition) is 3. The lowest BCUT2D eigenvalue weighted by atomic mass is 10.1. The Kier molecular flexibility index (Phi) is 6.61. The van der Waals surface area contributed by atoms with Crippen LogP contribution in [0.4, 0.5) is 4.79 Å². The number of benzene rings is 1. The van der Waals surface area contributed by atoms with Crippen molar-refractivity contribution in [1.82, 2.24) is 10.6 Å². The molecule has 3 N–H and O–H groups in total. The summed E-state index contributed by atoms with van der Waals surface area (Å²) in [5.41, 5.74) is 0.761. The number of amides is 2. The second-order valence-corrected chi connectivity index (χ2v) is 5.13. The lowest BCUT2D eigenvalue weighted by Gasteiger charge is -2.16. The molecule has 7 heteroatoms. The van der Waals surface area contributed by atoms with Crippen LogP contribution in [0.3, 0.4) is 0 Å². The summed E-state index contributed by atoms with van der Waals surface area (Å²) in [6.45, 7) is 2.10. The fourth-order valence-corrected chi connectivity index (χ4v) is 2.19. The number of aliphatic carboxylic acids is 1. The topological polar surface area (TPSA) is 78.4 Å². The third-order valence-electron chi connectivity index (χ3n) is 2.63. The fraction of sp³-hybridized carbons (Fsp3) is 0.385. The van der Waals surface area contributed by atoms with Gasteiger partial charge in [0.1, 0.15) is 0 Å². The molecular formula is C13H16Cl2N2O3. The van der Waals surface area contributed by atoms with E-state index >= 15 is 0 Å². The molecule has 1 aromatic carbocycles. The first-order valence-corrected chi connectivity index (χ1v) is 6.87. The van der Waals surface area contributed by atoms with Crippen molar-refractivity contribution in [3.05, 3.63) is 33.8 Å². The third kappa shape index (κ3) is 5.67. The minimum atomic E-state index is -0.881. The average molecular weight is 319 g/mol. The summed E-state index contributed by atoms with van der Waals surface area (Å²) in [5.74, 6) is -0.881. The Morgan fingerprint density at radius 3 is 2.65 bits per heavy atom. The van der Waals surface area contributed by atoms with Crippen LogP contribution in [0.1, 0.15) is 31.4 Å². The van der Waals surface area contributed by atoms with Crippen molar-refractivity contribution in [2.75, 3.05) is 6.54 Å². The van der Waals surface area contributed by atoms with Gasteiger partial charge in [-0.05, 0) is 31.0 Å². The molecule has 0 aromatic heterocycles. The van der Waals surface area contributed by atoms with E-state index in [2.05, 4.69) is 10.6 Å². The smallest absolute Gasteiger partial charge is 0.315 e. The van der Waals surface area contributed by atoms with Crippen molar-refractivity contribution < 1.29 is 14.7 Å². The van der Waals surface area contributed by atoms with E-state index in [1.807, 2.05) is 0 Å². The van der Waals surface area contributed by atoms with Gasteiger partial charge in [-0.1, -0.05) is 29.3 Å². The maximum Gasteiger partial charge on any atom is 0.315 e. The zero-order valence-corrected chi connectivity index (χ0v) is 12.5. The van der Waals surface area contributed by atoms with Crippen LogP contribution in [0.5, 0.6) is 0 Å². The van der Waals surface area contributed by atoms with Crippen molar-refractivity contribution in [3.63, 3.8) is 0 Å². The zero-order valence-electron chi connectivity index (χ0n) is 11.0. The van der Waals surface area contributed by atoms with Crippen molar-refractivity contribution in [2.45, 2.75) is 25.8 Å². The first-order chi connectivity index (χ1) is 9.40. The molecule has 0 radical (unpaired) electrons. The van der Waals surface area contributed by atoms with E-state index in [0.717, 1.165) is 5.56 Å². The molecule has 1 unspecified atom stereocenters. The quantitative estimate of drug-likeness (QED) is 0.705. The highest BCUT2D eigenvalue weighted by molar-refractivity contribution is 6.35. The summed E-state index contributed by atoms with van der Waals surface area (Å²) >= 11 is 11.9. The number of carboxylic acids is 1. The number of hydrogen-bond acceptors (Lipinski definition) is 2. The van der Waals surface area contributed by atoms with Crippen LogP contribution in [0, 0.1) is 0 Å². The molecule has 5 nitrogen and oxygen atoms in total. The molecule has 1 aromatic rings. The summed E-state index contributed by atoms with van der Waals surface area (Å²) in [4.78, 5) is 21.9. The van der Waals surface area contributed by atoms with Gasteiger partial charge >= 0.3 is 12.0 Å². The standard InChI is InChI=1S/C13H16Cl2N2O3/c1-8(10-5-4-9(14)7-11(10)15)17-13(20)16-6-2-3-12(18)19/h4-5,7-8H,2-3,6H2,1H3,(H,18,19)(H2,16,17,20). The Hall–Kier alpha value is -1.46. The van der Waals surface area contributed by atoms with E-state index in [4.69, 9.17) is 28.3 Å². The monoisotopic (exact) mass is 318 g/mol. The fourth-order valence-electron chi connectivity index (χ4n) is 1.62. The van der Waals surface area contributed by atoms with E-state index in [1.54, 1.807) is 25.1 Å². The van der Waals surface area contributed by atoms with Crippen LogP contribution in [0.2, 0.25) is 10.0 Å². The van der Waals surface area contributed by atoms with E-state index in [-0.39, 0.29) is 18.5 Å². The van der Waals surface area contributed by atoms with Crippen molar-refractivity contribution in [1.29, 1.82) is 0 Å². The summed E-state index contributed by atoms with van der Waals surface area (Å²) in [5, 5.41) is 14.8. The van der Waals surface area contributed by atoms with E-state index in [1.165, 1.54) is 0 Å². The summed E-state index contributed by atoms with van der Waals surface area (Å²) in [7, 11) is 0. The van der Waals surface area contributed by atoms with Gasteiger partial charge in [-0.2, -0.15) is 0 Å². The molecule has 1 rings (SSSR count). The summed E-state index contributed by atoms with van der Waals surface area (Å²) in [6.07, 6.45) is 0.414. The SMILES string of the molecule is CC(NC(=O)NCCCC(=O)O)c1ccc(Cl)cc1Cl. The van der Waals surface area contributed by atoms with Gasteiger partial charge < -0.3 is 15.7 Å². The van der Waals surface area contributed by atoms with Crippen molar-refractivity contribution in [3.8, 4) is 0 Å². The molecule has 0 spiro atoms. The van der Waals surface area contributed by atoms with Crippen LogP contribution in [-0.4, -0.2) is 23.7 Å². The predicted octanol–water partition coefficient (Wildman–Crippen LogP) is 3.22. The van der Waals surface area contributed by atoms with Gasteiger partial charge in [-0.25, -0.2) is 4.79 Å². The number of carbonyl (C=O) groups is 2. The van der Waals surface area contributed by atoms with Gasteiger partial charge in [0.25, 0.3) is 0 Å². The van der Waals surface area contributed by atoms with Crippen LogP contribution in [0.25, 0.3) is 0 Å². The molecule has 0 fully saturated rings. The number of carbonyl (C=O) groups excluding carboxylic acids is 1. The van der Waals surface area contributed by atoms with Crippen molar-refractivity contribution in [2.24, 2.45) is 0 Å². The molecule has 0 aliphatic heterocycles. The van der Waals surface area contributed by atoms with E-state index in [0.29, 0.717) is 23.0 Å². The molecule has 0 bridgehead atoms. The number of halogens is 2. The van der Waals surface area contributed by atoms with E-state index < -0.39 is 5.97 Å². The van der Waals surface area contributed by atoms with Crippen LogP contribution in [-0.2, 0) is 4.79 Å². The predicted molar refractivity (Wildman–Crippen MR) is 78.3 cm³/mol. The number of nitrogens with one attached hydrogen (secondary N) is 2. The van der Waals surface area contributed by atoms with E-state index in [9.17, 15) is 9.59 Å². The van der Waals surface area contributed by atoms with Crippen LogP contribution < -0.4 is 10.6 Å². The maximum absolute atomic E-state index is 11.6. The van der Waals surface area contributed by atoms with Crippen LogP contribution in [0.15, 0.2) is 18.2 Å². The van der Waals surface area contributed by atoms with Gasteiger partial charge in [0.05, 0.1) is 6.04 Å². The Labute approximate surface area is 127 Å². The molecule has 1 atom stereocenters. The summed E-state index contributed by atoms with van der Waals surface area (Å²) in [6, 6.07) is 4.42. The summed E-state index contributed by atoms with van der Waals surface area (Å²) < 4.78 is 0. The third-order valence-corrected chi connectivity index (χ3v) is 3.19. The highest BCUT2D eigenvalue weighted by atomic mass is 35.5. The minimum Gasteiger partial charge on any atom is -0.481 e. The lowest BCUT2D eigenvalue weighted by Crippen LogP contribution is -2.37. The van der Waals surface area contributed by atoms with Crippen LogP contribution >= 0.6 is 23.2 Å². The van der Waals surface area contributed by atoms with Gasteiger partial charge in [-0.3, -0.25) is 4.79 Å². The number of urea groups is 1. The zero-order chi connectivity index (χ0) is 15.1. The molecular weight excluding hydrogens is 303 g/mol. The first-order valence-electron chi connectivity index (χ1n) is 6.11. The first kappa shape index (κ1) is 16.6. The van der Waals surface area contributed by atoms with Gasteiger partial charge in [0, 0.05) is 23.0 Å². The largest absolute Gasteiger partial charge is 0.481 e. The molecule has 0 heterocycles. The Morgan fingerprint density at radius 2 is 2.05 bits per heavy atom. The Bertz CT molecular complexity index is 495. The van der Waals surface area contributed by atoms with Gasteiger partial charge in [0.15, 0.2) is 0 Å². The Morgan fingerprint density at radius 1 is 1.35 bits per heavy atom. The normalized spacial score (nSPS) is 11.8. The number of carboxylic acid groups (broad SMARTS) is 1. The second kappa shape index (κ2) is 7.97. The van der Waals surface area contributed by atoms with Gasteiger partial charge in [0.2, 0.25) is 0 Å². The lowest BCUT2D eigenvalue weighted by molar-refractivity contribution is -0.137. The average Bonchev–Trinajstić information content (AvgIpc) is 2.34. The molecule has 0 aliphatic carbocycles. The van der Waals surface area contributed by atoms with Crippen molar-refractivity contribution >= 4 is 35.2 Å². The number of rotatable bonds is 6.